The highest BCUT2D eigenvalue weighted by Crippen LogP contribution is 2.34. The average molecular weight is 425 g/mol. The van der Waals surface area contributed by atoms with Gasteiger partial charge in [-0.2, -0.15) is 4.37 Å². The van der Waals surface area contributed by atoms with Gasteiger partial charge < -0.3 is 21.1 Å². The van der Waals surface area contributed by atoms with Crippen LogP contribution in [-0.4, -0.2) is 35.5 Å². The van der Waals surface area contributed by atoms with Gasteiger partial charge in [-0.15, -0.1) is 0 Å². The van der Waals surface area contributed by atoms with E-state index >= 15 is 0 Å². The number of carbonyl (C=O) groups is 1. The maximum Gasteiger partial charge on any atom is 0.277 e. The van der Waals surface area contributed by atoms with E-state index in [-0.39, 0.29) is 21.3 Å². The summed E-state index contributed by atoms with van der Waals surface area (Å²) < 4.78 is 37.5. The van der Waals surface area contributed by atoms with Crippen LogP contribution in [0.25, 0.3) is 10.6 Å². The largest absolute Gasteiger partial charge is 0.481 e. The Hall–Kier alpha value is -2.63. The van der Waals surface area contributed by atoms with Gasteiger partial charge in [0.05, 0.1) is 18.4 Å². The average Bonchev–Trinajstić information content (AvgIpc) is 3.25. The number of nitrogens with two attached hydrogens (primary N) is 1. The first-order valence-corrected chi connectivity index (χ1v) is 9.84. The standard InChI is InChI=1S/C17H17F2N5O2S2/c1-21-6-3-7-26-17-11(8-22-28-17)23-15(25)13-14(20)27-16(24-13)12-9(18)4-2-5-10(12)19/h2,4-5,8,21H,3,6-7,20H2,1H3,(H,23,25). The zero-order valence-electron chi connectivity index (χ0n) is 14.8. The van der Waals surface area contributed by atoms with Gasteiger partial charge in [0.25, 0.3) is 5.91 Å². The Morgan fingerprint density at radius 3 is 2.79 bits per heavy atom. The van der Waals surface area contributed by atoms with Crippen molar-refractivity contribution in [1.82, 2.24) is 14.7 Å². The number of nitrogen functional groups attached to an aromatic ring is 1. The van der Waals surface area contributed by atoms with E-state index in [1.54, 1.807) is 0 Å². The third-order valence-electron chi connectivity index (χ3n) is 3.63. The molecule has 0 spiro atoms. The first kappa shape index (κ1) is 20.1. The van der Waals surface area contributed by atoms with Gasteiger partial charge in [-0.3, -0.25) is 4.79 Å². The third-order valence-corrected chi connectivity index (χ3v) is 5.25. The molecule has 0 aliphatic rings. The molecule has 0 aliphatic carbocycles. The quantitative estimate of drug-likeness (QED) is 0.478. The number of anilines is 2. The number of hydrogen-bond donors (Lipinski definition) is 3. The molecule has 0 bridgehead atoms. The van der Waals surface area contributed by atoms with Gasteiger partial charge in [0.1, 0.15) is 27.3 Å². The summed E-state index contributed by atoms with van der Waals surface area (Å²) in [6.45, 7) is 1.26. The van der Waals surface area contributed by atoms with Gasteiger partial charge in [-0.1, -0.05) is 17.4 Å². The molecule has 0 unspecified atom stereocenters. The van der Waals surface area contributed by atoms with Crippen LogP contribution in [0.5, 0.6) is 5.06 Å². The number of amides is 1. The van der Waals surface area contributed by atoms with Gasteiger partial charge in [0, 0.05) is 11.5 Å². The SMILES string of the molecule is CNCCCOc1sncc1NC(=O)c1nc(-c2c(F)cccc2F)sc1N. The molecule has 0 saturated carbocycles. The second-order valence-electron chi connectivity index (χ2n) is 5.62. The predicted molar refractivity (Wildman–Crippen MR) is 106 cm³/mol. The Kier molecular flexibility index (Phi) is 6.49. The van der Waals surface area contributed by atoms with Gasteiger partial charge >= 0.3 is 0 Å². The van der Waals surface area contributed by atoms with Crippen LogP contribution in [0, 0.1) is 11.6 Å². The van der Waals surface area contributed by atoms with E-state index in [0.717, 1.165) is 48.0 Å². The topological polar surface area (TPSA) is 102 Å². The molecular weight excluding hydrogens is 408 g/mol. The van der Waals surface area contributed by atoms with Crippen LogP contribution in [0.3, 0.4) is 0 Å². The summed E-state index contributed by atoms with van der Waals surface area (Å²) in [5.74, 6) is -2.17. The number of nitrogens with one attached hydrogen (secondary N) is 2. The Balaban J connectivity index is 1.76. The molecular formula is C17H17F2N5O2S2. The minimum absolute atomic E-state index is 0.00904. The van der Waals surface area contributed by atoms with Gasteiger partial charge in [0.2, 0.25) is 5.06 Å². The fourth-order valence-electron chi connectivity index (χ4n) is 2.32. The van der Waals surface area contributed by atoms with Crippen molar-refractivity contribution in [2.24, 2.45) is 0 Å². The molecule has 0 saturated heterocycles. The molecule has 7 nitrogen and oxygen atoms in total. The number of halogens is 2. The second-order valence-corrected chi connectivity index (χ2v) is 7.41. The van der Waals surface area contributed by atoms with Crippen LogP contribution in [-0.2, 0) is 0 Å². The summed E-state index contributed by atoms with van der Waals surface area (Å²) in [5.41, 5.74) is 5.81. The Morgan fingerprint density at radius 1 is 1.32 bits per heavy atom. The van der Waals surface area contributed by atoms with Crippen molar-refractivity contribution < 1.29 is 18.3 Å². The first-order chi connectivity index (χ1) is 13.5. The molecule has 1 amide bonds. The fourth-order valence-corrected chi connectivity index (χ4v) is 3.78. The van der Waals surface area contributed by atoms with Gasteiger partial charge in [0.15, 0.2) is 5.69 Å². The highest BCUT2D eigenvalue weighted by atomic mass is 32.1. The number of rotatable bonds is 8. The van der Waals surface area contributed by atoms with Crippen molar-refractivity contribution in [3.8, 4) is 15.6 Å². The van der Waals surface area contributed by atoms with E-state index in [1.807, 2.05) is 7.05 Å². The van der Waals surface area contributed by atoms with Crippen LogP contribution in [0.2, 0.25) is 0 Å². The molecule has 0 atom stereocenters. The number of ether oxygens (including phenoxy) is 1. The van der Waals surface area contributed by atoms with Crippen LogP contribution in [0.1, 0.15) is 16.9 Å². The smallest absolute Gasteiger partial charge is 0.277 e. The molecule has 3 aromatic rings. The minimum atomic E-state index is -0.778. The Labute approximate surface area is 167 Å². The molecule has 148 valence electrons. The lowest BCUT2D eigenvalue weighted by Gasteiger charge is -2.06. The lowest BCUT2D eigenvalue weighted by molar-refractivity contribution is 0.102. The normalized spacial score (nSPS) is 10.8. The molecule has 2 aromatic heterocycles. The van der Waals surface area contributed by atoms with Crippen molar-refractivity contribution in [2.75, 3.05) is 31.2 Å². The summed E-state index contributed by atoms with van der Waals surface area (Å²) >= 11 is 1.93. The summed E-state index contributed by atoms with van der Waals surface area (Å²) in [6.07, 6.45) is 2.24. The zero-order chi connectivity index (χ0) is 20.1. The Bertz CT molecular complexity index is 956. The lowest BCUT2D eigenvalue weighted by Crippen LogP contribution is -2.15. The van der Waals surface area contributed by atoms with Crippen molar-refractivity contribution >= 4 is 39.5 Å². The first-order valence-electron chi connectivity index (χ1n) is 8.25. The maximum absolute atomic E-state index is 14.0. The van der Waals surface area contributed by atoms with Crippen LogP contribution < -0.4 is 21.1 Å². The molecule has 11 heteroatoms. The van der Waals surface area contributed by atoms with Crippen molar-refractivity contribution in [1.29, 1.82) is 0 Å². The molecule has 2 heterocycles. The molecule has 0 aliphatic heterocycles. The summed E-state index contributed by atoms with van der Waals surface area (Å²) in [7, 11) is 1.85. The number of benzene rings is 1. The number of aromatic nitrogens is 2. The molecule has 28 heavy (non-hydrogen) atoms. The van der Waals surface area contributed by atoms with E-state index in [0.29, 0.717) is 17.4 Å². The van der Waals surface area contributed by atoms with Crippen LogP contribution >= 0.6 is 22.9 Å². The van der Waals surface area contributed by atoms with Crippen LogP contribution in [0.4, 0.5) is 19.5 Å². The van der Waals surface area contributed by atoms with E-state index in [1.165, 1.54) is 12.3 Å². The third kappa shape index (κ3) is 4.43. The summed E-state index contributed by atoms with van der Waals surface area (Å²) in [5, 5.41) is 6.14. The molecule has 1 aromatic carbocycles. The number of hydrogen-bond acceptors (Lipinski definition) is 8. The van der Waals surface area contributed by atoms with Crippen molar-refractivity contribution in [3.05, 3.63) is 41.7 Å². The number of nitrogens with zero attached hydrogens (tertiary/aromatic N) is 2. The summed E-state index contributed by atoms with van der Waals surface area (Å²) in [6, 6.07) is 3.48. The van der Waals surface area contributed by atoms with Gasteiger partial charge in [-0.25, -0.2) is 13.8 Å². The second kappa shape index (κ2) is 9.04. The highest BCUT2D eigenvalue weighted by molar-refractivity contribution is 7.19. The zero-order valence-corrected chi connectivity index (χ0v) is 16.4. The van der Waals surface area contributed by atoms with Crippen molar-refractivity contribution in [3.63, 3.8) is 0 Å². The number of thiazole rings is 1. The fraction of sp³-hybridized carbons (Fsp3) is 0.235. The maximum atomic E-state index is 14.0. The van der Waals surface area contributed by atoms with E-state index < -0.39 is 17.5 Å². The Morgan fingerprint density at radius 2 is 2.07 bits per heavy atom. The van der Waals surface area contributed by atoms with Gasteiger partial charge in [-0.05, 0) is 32.1 Å². The molecule has 0 fully saturated rings. The van der Waals surface area contributed by atoms with E-state index in [2.05, 4.69) is 20.0 Å². The van der Waals surface area contributed by atoms with E-state index in [4.69, 9.17) is 10.5 Å². The number of carbonyl (C=O) groups excluding carboxylic acids is 1. The highest BCUT2D eigenvalue weighted by Gasteiger charge is 2.22. The monoisotopic (exact) mass is 425 g/mol. The lowest BCUT2D eigenvalue weighted by atomic mass is 10.2. The van der Waals surface area contributed by atoms with Crippen molar-refractivity contribution in [2.45, 2.75) is 6.42 Å². The molecule has 0 radical (unpaired) electrons. The molecule has 4 N–H and O–H groups in total. The summed E-state index contributed by atoms with van der Waals surface area (Å²) in [4.78, 5) is 16.6. The molecule has 3 rings (SSSR count). The van der Waals surface area contributed by atoms with E-state index in [9.17, 15) is 13.6 Å². The van der Waals surface area contributed by atoms with Crippen LogP contribution in [0.15, 0.2) is 24.4 Å². The predicted octanol–water partition coefficient (Wildman–Crippen LogP) is 3.37. The minimum Gasteiger partial charge on any atom is -0.481 e.